The van der Waals surface area contributed by atoms with E-state index in [2.05, 4.69) is 10.3 Å². The fourth-order valence-corrected chi connectivity index (χ4v) is 4.62. The summed E-state index contributed by atoms with van der Waals surface area (Å²) in [6.45, 7) is 2.40. The number of anilines is 1. The summed E-state index contributed by atoms with van der Waals surface area (Å²) in [5, 5.41) is 2.59. The van der Waals surface area contributed by atoms with E-state index in [-0.39, 0.29) is 17.3 Å². The molecule has 1 N–H and O–H groups in total. The van der Waals surface area contributed by atoms with Crippen LogP contribution in [0.1, 0.15) is 37.1 Å². The summed E-state index contributed by atoms with van der Waals surface area (Å²) in [7, 11) is 6.24. The maximum atomic E-state index is 14.5. The summed E-state index contributed by atoms with van der Waals surface area (Å²) in [6.07, 6.45) is -5.10. The second-order valence-electron chi connectivity index (χ2n) is 9.33. The number of pyridine rings is 1. The third-order valence-electron chi connectivity index (χ3n) is 6.91. The number of carbonyl (C=O) groups is 1. The Morgan fingerprint density at radius 2 is 1.92 bits per heavy atom. The normalized spacial score (nSPS) is 24.8. The lowest BCUT2D eigenvalue weighted by Crippen LogP contribution is -2.47. The molecule has 1 aromatic heterocycles. The maximum Gasteiger partial charge on any atom is 0.417 e. The van der Waals surface area contributed by atoms with Gasteiger partial charge in [-0.2, -0.15) is 17.6 Å². The molecule has 0 spiro atoms. The van der Waals surface area contributed by atoms with Gasteiger partial charge < -0.3 is 19.5 Å². The Hall–Kier alpha value is -2.83. The van der Waals surface area contributed by atoms with E-state index in [0.717, 1.165) is 26.2 Å². The van der Waals surface area contributed by atoms with Crippen molar-refractivity contribution in [3.63, 3.8) is 0 Å². The smallest absolute Gasteiger partial charge is 0.417 e. The van der Waals surface area contributed by atoms with Crippen LogP contribution in [-0.2, 0) is 14.3 Å². The number of carbonyl (C=O) groups excluding carboxylic acids is 1. The highest BCUT2D eigenvalue weighted by Crippen LogP contribution is 2.55. The van der Waals surface area contributed by atoms with E-state index in [4.69, 9.17) is 14.2 Å². The molecule has 1 aliphatic heterocycles. The molecule has 37 heavy (non-hydrogen) atoms. The molecule has 5 atom stereocenters. The van der Waals surface area contributed by atoms with E-state index in [1.165, 1.54) is 26.3 Å². The molecule has 0 aliphatic carbocycles. The second-order valence-corrected chi connectivity index (χ2v) is 9.33. The van der Waals surface area contributed by atoms with E-state index in [1.807, 2.05) is 19.0 Å². The van der Waals surface area contributed by atoms with E-state index in [1.54, 1.807) is 6.07 Å². The molecule has 204 valence electrons. The zero-order chi connectivity index (χ0) is 27.7. The fraction of sp³-hybridized carbons (Fsp3) is 0.520. The SMILES string of the molecule is COC[C@H](c1cc(NC(=O)[C@@H]2O[C@@](C)(C(F)(F)F)[C@@H](C)[C@H]2c2ccc(F)c(F)c2OC)ccn1)N(C)C. The first-order valence-corrected chi connectivity index (χ1v) is 11.4. The minimum absolute atomic E-state index is 0.106. The summed E-state index contributed by atoms with van der Waals surface area (Å²) in [6, 6.07) is 4.70. The number of nitrogens with zero attached hydrogens (tertiary/aromatic N) is 2. The molecule has 12 heteroatoms. The molecule has 2 aromatic rings. The van der Waals surface area contributed by atoms with Crippen LogP contribution in [0.25, 0.3) is 0 Å². The van der Waals surface area contributed by atoms with Crippen LogP contribution in [0.4, 0.5) is 27.6 Å². The first kappa shape index (κ1) is 28.7. The van der Waals surface area contributed by atoms with Crippen LogP contribution in [0.5, 0.6) is 5.75 Å². The molecule has 3 rings (SSSR count). The van der Waals surface area contributed by atoms with Gasteiger partial charge in [0.15, 0.2) is 17.2 Å². The molecule has 1 aliphatic rings. The number of hydrogen-bond acceptors (Lipinski definition) is 6. The summed E-state index contributed by atoms with van der Waals surface area (Å²) in [5.74, 6) is -6.72. The fourth-order valence-electron chi connectivity index (χ4n) is 4.62. The lowest BCUT2D eigenvalue weighted by Gasteiger charge is -2.32. The van der Waals surface area contributed by atoms with Crippen LogP contribution in [0, 0.1) is 17.6 Å². The van der Waals surface area contributed by atoms with Gasteiger partial charge in [-0.1, -0.05) is 13.0 Å². The summed E-state index contributed by atoms with van der Waals surface area (Å²) in [4.78, 5) is 19.6. The molecule has 0 radical (unpaired) electrons. The van der Waals surface area contributed by atoms with Gasteiger partial charge in [0.2, 0.25) is 5.82 Å². The Labute approximate surface area is 211 Å². The number of rotatable bonds is 8. The minimum Gasteiger partial charge on any atom is -0.493 e. The van der Waals surface area contributed by atoms with Crippen molar-refractivity contribution < 1.29 is 41.0 Å². The van der Waals surface area contributed by atoms with Crippen molar-refractivity contribution in [3.05, 3.63) is 53.4 Å². The highest BCUT2D eigenvalue weighted by Gasteiger charge is 2.65. The predicted molar refractivity (Wildman–Crippen MR) is 125 cm³/mol. The Morgan fingerprint density at radius 1 is 1.24 bits per heavy atom. The first-order chi connectivity index (χ1) is 17.3. The average molecular weight is 532 g/mol. The van der Waals surface area contributed by atoms with Crippen molar-refractivity contribution in [1.29, 1.82) is 0 Å². The van der Waals surface area contributed by atoms with Gasteiger partial charge in [0, 0.05) is 36.4 Å². The van der Waals surface area contributed by atoms with Crippen LogP contribution < -0.4 is 10.1 Å². The standard InChI is InChI=1S/C25H30F5N3O4/c1-13-19(15-7-8-16(26)20(27)21(15)36-6)22(37-24(13,2)25(28,29)30)23(34)32-14-9-10-31-17(11-14)18(12-35-5)33(3)4/h7-11,13,18-19,22H,12H2,1-6H3,(H,31,32,34)/t13-,18+,19-,22+,24+/m0/s1. The third kappa shape index (κ3) is 5.41. The number of ether oxygens (including phenoxy) is 3. The topological polar surface area (TPSA) is 72.9 Å². The van der Waals surface area contributed by atoms with E-state index in [0.29, 0.717) is 12.3 Å². The van der Waals surface area contributed by atoms with Crippen LogP contribution in [-0.4, -0.2) is 68.6 Å². The highest BCUT2D eigenvalue weighted by molar-refractivity contribution is 5.95. The predicted octanol–water partition coefficient (Wildman–Crippen LogP) is 4.70. The van der Waals surface area contributed by atoms with Crippen molar-refractivity contribution in [2.45, 2.75) is 43.7 Å². The molecule has 0 bridgehead atoms. The Bertz CT molecular complexity index is 1130. The number of aromatic nitrogens is 1. The summed E-state index contributed by atoms with van der Waals surface area (Å²) >= 11 is 0. The molecular formula is C25H30F5N3O4. The van der Waals surface area contributed by atoms with E-state index in [9.17, 15) is 26.7 Å². The van der Waals surface area contributed by atoms with Crippen molar-refractivity contribution in [2.24, 2.45) is 5.92 Å². The van der Waals surface area contributed by atoms with Crippen molar-refractivity contribution in [3.8, 4) is 5.75 Å². The quantitative estimate of drug-likeness (QED) is 0.498. The van der Waals surface area contributed by atoms with Crippen LogP contribution in [0.2, 0.25) is 0 Å². The number of methoxy groups -OCH3 is 2. The lowest BCUT2D eigenvalue weighted by molar-refractivity contribution is -0.272. The van der Waals surface area contributed by atoms with Gasteiger partial charge in [0.1, 0.15) is 6.10 Å². The molecule has 0 saturated carbocycles. The molecule has 0 unspecified atom stereocenters. The lowest BCUT2D eigenvalue weighted by atomic mass is 9.77. The number of halogens is 5. The Balaban J connectivity index is 2.03. The molecule has 1 saturated heterocycles. The van der Waals surface area contributed by atoms with Crippen LogP contribution in [0.15, 0.2) is 30.5 Å². The van der Waals surface area contributed by atoms with Crippen LogP contribution >= 0.6 is 0 Å². The number of alkyl halides is 3. The van der Waals surface area contributed by atoms with Gasteiger partial charge in [0.05, 0.1) is 25.5 Å². The monoisotopic (exact) mass is 531 g/mol. The maximum absolute atomic E-state index is 14.5. The van der Waals surface area contributed by atoms with Crippen molar-refractivity contribution in [1.82, 2.24) is 9.88 Å². The third-order valence-corrected chi connectivity index (χ3v) is 6.91. The van der Waals surface area contributed by atoms with Gasteiger partial charge in [-0.05, 0) is 39.2 Å². The van der Waals surface area contributed by atoms with Gasteiger partial charge in [-0.3, -0.25) is 14.7 Å². The number of benzene rings is 1. The van der Waals surface area contributed by atoms with Gasteiger partial charge >= 0.3 is 6.18 Å². The zero-order valence-corrected chi connectivity index (χ0v) is 21.3. The molecule has 7 nitrogen and oxygen atoms in total. The number of likely N-dealkylation sites (N-methyl/N-ethyl adjacent to an activating group) is 1. The van der Waals surface area contributed by atoms with E-state index >= 15 is 0 Å². The van der Waals surface area contributed by atoms with E-state index < -0.39 is 53.0 Å². The van der Waals surface area contributed by atoms with Crippen molar-refractivity contribution >= 4 is 11.6 Å². The molecular weight excluding hydrogens is 501 g/mol. The van der Waals surface area contributed by atoms with Gasteiger partial charge in [-0.15, -0.1) is 0 Å². The number of amides is 1. The zero-order valence-electron chi connectivity index (χ0n) is 21.3. The molecule has 1 fully saturated rings. The second kappa shape index (κ2) is 10.9. The minimum atomic E-state index is -4.85. The number of hydrogen-bond donors (Lipinski definition) is 1. The highest BCUT2D eigenvalue weighted by atomic mass is 19.4. The molecule has 1 aromatic carbocycles. The number of nitrogens with one attached hydrogen (secondary N) is 1. The largest absolute Gasteiger partial charge is 0.493 e. The first-order valence-electron chi connectivity index (χ1n) is 11.4. The van der Waals surface area contributed by atoms with Gasteiger partial charge in [-0.25, -0.2) is 4.39 Å². The Morgan fingerprint density at radius 3 is 2.49 bits per heavy atom. The van der Waals surface area contributed by atoms with Crippen molar-refractivity contribution in [2.75, 3.05) is 40.2 Å². The summed E-state index contributed by atoms with van der Waals surface area (Å²) in [5.41, 5.74) is -2.02. The average Bonchev–Trinajstić information content (AvgIpc) is 3.11. The molecule has 2 heterocycles. The molecule has 1 amide bonds. The Kier molecular flexibility index (Phi) is 8.45. The van der Waals surface area contributed by atoms with Gasteiger partial charge in [0.25, 0.3) is 5.91 Å². The summed E-state index contributed by atoms with van der Waals surface area (Å²) < 4.78 is 86.3. The van der Waals surface area contributed by atoms with Crippen LogP contribution in [0.3, 0.4) is 0 Å².